The van der Waals surface area contributed by atoms with E-state index in [9.17, 15) is 0 Å². The Morgan fingerprint density at radius 2 is 2.40 bits per heavy atom. The van der Waals surface area contributed by atoms with E-state index < -0.39 is 0 Å². The van der Waals surface area contributed by atoms with Crippen molar-refractivity contribution in [1.82, 2.24) is 0 Å². The first-order valence-corrected chi connectivity index (χ1v) is 3.45. The predicted octanol–water partition coefficient (Wildman–Crippen LogP) is 1.92. The van der Waals surface area contributed by atoms with E-state index >= 15 is 0 Å². The van der Waals surface area contributed by atoms with E-state index in [0.717, 1.165) is 12.8 Å². The molecule has 0 amide bonds. The summed E-state index contributed by atoms with van der Waals surface area (Å²) in [6.07, 6.45) is 5.71. The van der Waals surface area contributed by atoms with Crippen molar-refractivity contribution in [2.75, 3.05) is 7.11 Å². The number of methoxy groups -OCH3 is 1. The Balaban J connectivity index is 2.27. The van der Waals surface area contributed by atoms with Gasteiger partial charge in [-0.05, 0) is 18.9 Å². The van der Waals surface area contributed by atoms with E-state index in [1.54, 1.807) is 19.6 Å². The predicted molar refractivity (Wildman–Crippen MR) is 36.6 cm³/mol. The molecule has 1 saturated carbocycles. The molecular formula is C8H10O2. The number of hydrogen-bond donors (Lipinski definition) is 0. The third-order valence-electron chi connectivity index (χ3n) is 2.14. The van der Waals surface area contributed by atoms with Crippen LogP contribution in [-0.2, 0) is 10.3 Å². The summed E-state index contributed by atoms with van der Waals surface area (Å²) < 4.78 is 10.3. The van der Waals surface area contributed by atoms with E-state index in [4.69, 9.17) is 9.15 Å². The van der Waals surface area contributed by atoms with Gasteiger partial charge in [-0.15, -0.1) is 0 Å². The van der Waals surface area contributed by atoms with Gasteiger partial charge >= 0.3 is 0 Å². The lowest BCUT2D eigenvalue weighted by Crippen LogP contribution is -2.06. The van der Waals surface area contributed by atoms with Gasteiger partial charge in [0.2, 0.25) is 0 Å². The molecule has 1 fully saturated rings. The molecule has 2 heteroatoms. The minimum atomic E-state index is 0.0208. The SMILES string of the molecule is COC1(c2ccoc2)CC1. The monoisotopic (exact) mass is 138 g/mol. The fourth-order valence-corrected chi connectivity index (χ4v) is 1.25. The summed E-state index contributed by atoms with van der Waals surface area (Å²) >= 11 is 0. The lowest BCUT2D eigenvalue weighted by molar-refractivity contribution is 0.0784. The summed E-state index contributed by atoms with van der Waals surface area (Å²) in [5.74, 6) is 0. The Labute approximate surface area is 59.8 Å². The van der Waals surface area contributed by atoms with E-state index in [0.29, 0.717) is 0 Å². The summed E-state index contributed by atoms with van der Waals surface area (Å²) in [7, 11) is 1.75. The second-order valence-corrected chi connectivity index (χ2v) is 2.71. The summed E-state index contributed by atoms with van der Waals surface area (Å²) in [5, 5.41) is 0. The van der Waals surface area contributed by atoms with Gasteiger partial charge in [0, 0.05) is 12.7 Å². The summed E-state index contributed by atoms with van der Waals surface area (Å²) in [4.78, 5) is 0. The first kappa shape index (κ1) is 5.98. The molecule has 54 valence electrons. The molecule has 0 radical (unpaired) electrons. The lowest BCUT2D eigenvalue weighted by Gasteiger charge is -2.08. The van der Waals surface area contributed by atoms with Gasteiger partial charge in [-0.2, -0.15) is 0 Å². The molecule has 0 saturated heterocycles. The minimum Gasteiger partial charge on any atom is -0.472 e. The molecule has 0 aliphatic heterocycles. The zero-order valence-corrected chi connectivity index (χ0v) is 5.96. The van der Waals surface area contributed by atoms with Gasteiger partial charge in [0.25, 0.3) is 0 Å². The second kappa shape index (κ2) is 1.86. The molecule has 0 bridgehead atoms. The molecule has 10 heavy (non-hydrogen) atoms. The smallest absolute Gasteiger partial charge is 0.0963 e. The maximum atomic E-state index is 5.33. The Morgan fingerprint density at radius 1 is 1.60 bits per heavy atom. The van der Waals surface area contributed by atoms with Crippen LogP contribution in [0.5, 0.6) is 0 Å². The van der Waals surface area contributed by atoms with Crippen molar-refractivity contribution < 1.29 is 9.15 Å². The van der Waals surface area contributed by atoms with Crippen LogP contribution in [0.3, 0.4) is 0 Å². The number of rotatable bonds is 2. The van der Waals surface area contributed by atoms with E-state index in [2.05, 4.69) is 0 Å². The summed E-state index contributed by atoms with van der Waals surface area (Å²) in [5.41, 5.74) is 1.20. The van der Waals surface area contributed by atoms with Gasteiger partial charge in [-0.25, -0.2) is 0 Å². The van der Waals surface area contributed by atoms with Crippen molar-refractivity contribution in [3.05, 3.63) is 24.2 Å². The fourth-order valence-electron chi connectivity index (χ4n) is 1.25. The van der Waals surface area contributed by atoms with Crippen LogP contribution >= 0.6 is 0 Å². The first-order valence-electron chi connectivity index (χ1n) is 3.45. The average Bonchev–Trinajstić information content (AvgIpc) is 2.58. The van der Waals surface area contributed by atoms with Crippen molar-refractivity contribution in [1.29, 1.82) is 0 Å². The van der Waals surface area contributed by atoms with Crippen LogP contribution in [0.25, 0.3) is 0 Å². The molecule has 1 heterocycles. The topological polar surface area (TPSA) is 22.4 Å². The van der Waals surface area contributed by atoms with Gasteiger partial charge in [0.05, 0.1) is 18.1 Å². The highest BCUT2D eigenvalue weighted by atomic mass is 16.5. The molecule has 2 nitrogen and oxygen atoms in total. The molecular weight excluding hydrogens is 128 g/mol. The van der Waals surface area contributed by atoms with Crippen LogP contribution in [0.2, 0.25) is 0 Å². The standard InChI is InChI=1S/C8H10O2/c1-9-8(3-4-8)7-2-5-10-6-7/h2,5-6H,3-4H2,1H3. The van der Waals surface area contributed by atoms with Gasteiger partial charge in [-0.3, -0.25) is 0 Å². The Kier molecular flexibility index (Phi) is 1.11. The van der Waals surface area contributed by atoms with E-state index in [-0.39, 0.29) is 5.60 Å². The minimum absolute atomic E-state index is 0.0208. The van der Waals surface area contributed by atoms with Crippen LogP contribution < -0.4 is 0 Å². The normalized spacial score (nSPS) is 20.9. The molecule has 0 aromatic carbocycles. The molecule has 0 N–H and O–H groups in total. The average molecular weight is 138 g/mol. The molecule has 1 aliphatic rings. The third kappa shape index (κ3) is 0.688. The van der Waals surface area contributed by atoms with Crippen LogP contribution in [0.15, 0.2) is 23.0 Å². The Bertz CT molecular complexity index is 209. The molecule has 1 aromatic heterocycles. The van der Waals surface area contributed by atoms with Crippen LogP contribution in [0, 0.1) is 0 Å². The first-order chi connectivity index (χ1) is 4.87. The number of furan rings is 1. The molecule has 2 rings (SSSR count). The Morgan fingerprint density at radius 3 is 2.80 bits per heavy atom. The fraction of sp³-hybridized carbons (Fsp3) is 0.500. The van der Waals surface area contributed by atoms with Crippen LogP contribution in [0.1, 0.15) is 18.4 Å². The summed E-state index contributed by atoms with van der Waals surface area (Å²) in [6.45, 7) is 0. The second-order valence-electron chi connectivity index (χ2n) is 2.71. The van der Waals surface area contributed by atoms with Crippen molar-refractivity contribution in [2.24, 2.45) is 0 Å². The van der Waals surface area contributed by atoms with Gasteiger partial charge in [0.1, 0.15) is 0 Å². The van der Waals surface area contributed by atoms with Gasteiger partial charge in [0.15, 0.2) is 0 Å². The van der Waals surface area contributed by atoms with Gasteiger partial charge < -0.3 is 9.15 Å². The van der Waals surface area contributed by atoms with Crippen LogP contribution in [-0.4, -0.2) is 7.11 Å². The highest BCUT2D eigenvalue weighted by molar-refractivity contribution is 5.22. The highest BCUT2D eigenvalue weighted by Crippen LogP contribution is 2.48. The summed E-state index contributed by atoms with van der Waals surface area (Å²) in [6, 6.07) is 1.97. The van der Waals surface area contributed by atoms with Crippen molar-refractivity contribution >= 4 is 0 Å². The zero-order valence-electron chi connectivity index (χ0n) is 5.96. The quantitative estimate of drug-likeness (QED) is 0.622. The van der Waals surface area contributed by atoms with Crippen molar-refractivity contribution in [2.45, 2.75) is 18.4 Å². The van der Waals surface area contributed by atoms with E-state index in [1.807, 2.05) is 6.07 Å². The Hall–Kier alpha value is -0.760. The zero-order chi connectivity index (χ0) is 7.03. The highest BCUT2D eigenvalue weighted by Gasteiger charge is 2.45. The lowest BCUT2D eigenvalue weighted by atomic mass is 10.2. The van der Waals surface area contributed by atoms with Crippen molar-refractivity contribution in [3.63, 3.8) is 0 Å². The third-order valence-corrected chi connectivity index (χ3v) is 2.14. The molecule has 0 atom stereocenters. The molecule has 1 aliphatic carbocycles. The van der Waals surface area contributed by atoms with Crippen molar-refractivity contribution in [3.8, 4) is 0 Å². The number of ether oxygens (including phenoxy) is 1. The molecule has 0 unspecified atom stereocenters. The molecule has 1 aromatic rings. The largest absolute Gasteiger partial charge is 0.472 e. The van der Waals surface area contributed by atoms with E-state index in [1.165, 1.54) is 5.56 Å². The van der Waals surface area contributed by atoms with Gasteiger partial charge in [-0.1, -0.05) is 0 Å². The maximum absolute atomic E-state index is 5.33. The number of hydrogen-bond acceptors (Lipinski definition) is 2. The molecule has 0 spiro atoms. The maximum Gasteiger partial charge on any atom is 0.0963 e. The van der Waals surface area contributed by atoms with Crippen LogP contribution in [0.4, 0.5) is 0 Å².